The maximum absolute atomic E-state index is 11.7. The SMILES string of the molecule is COC(=O)c1nc(C)c2nc(Oc3ccc(C#N)cc3)ccc2c1O. The number of nitrogens with zero attached hydrogens (tertiary/aromatic N) is 3. The van der Waals surface area contributed by atoms with E-state index < -0.39 is 5.97 Å². The average molecular weight is 335 g/mol. The molecule has 0 fully saturated rings. The lowest BCUT2D eigenvalue weighted by atomic mass is 10.1. The maximum Gasteiger partial charge on any atom is 0.360 e. The van der Waals surface area contributed by atoms with Gasteiger partial charge in [-0.3, -0.25) is 0 Å². The number of methoxy groups -OCH3 is 1. The van der Waals surface area contributed by atoms with Crippen molar-refractivity contribution in [2.75, 3.05) is 7.11 Å². The highest BCUT2D eigenvalue weighted by atomic mass is 16.5. The van der Waals surface area contributed by atoms with Crippen LogP contribution in [-0.2, 0) is 4.74 Å². The van der Waals surface area contributed by atoms with Crippen molar-refractivity contribution in [3.63, 3.8) is 0 Å². The standard InChI is InChI=1S/C18H13N3O4/c1-10-15-13(17(22)16(20-10)18(23)24-2)7-8-14(21-15)25-12-5-3-11(9-19)4-6-12/h3-8,22H,1-2H3. The summed E-state index contributed by atoms with van der Waals surface area (Å²) in [6.45, 7) is 1.67. The van der Waals surface area contributed by atoms with Crippen LogP contribution in [0.15, 0.2) is 36.4 Å². The minimum Gasteiger partial charge on any atom is -0.505 e. The fourth-order valence-corrected chi connectivity index (χ4v) is 2.32. The summed E-state index contributed by atoms with van der Waals surface area (Å²) < 4.78 is 10.3. The Labute approximate surface area is 143 Å². The van der Waals surface area contributed by atoms with Crippen LogP contribution >= 0.6 is 0 Å². The number of aromatic hydroxyl groups is 1. The maximum atomic E-state index is 11.7. The number of pyridine rings is 2. The van der Waals surface area contributed by atoms with E-state index in [9.17, 15) is 9.90 Å². The van der Waals surface area contributed by atoms with Crippen molar-refractivity contribution in [1.29, 1.82) is 5.26 Å². The van der Waals surface area contributed by atoms with Gasteiger partial charge in [0.1, 0.15) is 5.75 Å². The molecule has 0 aliphatic heterocycles. The number of aryl methyl sites for hydroxylation is 1. The normalized spacial score (nSPS) is 10.3. The zero-order valence-electron chi connectivity index (χ0n) is 13.5. The molecule has 0 radical (unpaired) electrons. The number of ether oxygens (including phenoxy) is 2. The van der Waals surface area contributed by atoms with E-state index in [1.807, 2.05) is 6.07 Å². The van der Waals surface area contributed by atoms with Gasteiger partial charge in [0, 0.05) is 11.5 Å². The van der Waals surface area contributed by atoms with Crippen LogP contribution < -0.4 is 4.74 Å². The Morgan fingerprint density at radius 3 is 2.52 bits per heavy atom. The first kappa shape index (κ1) is 16.2. The Balaban J connectivity index is 2.01. The van der Waals surface area contributed by atoms with Crippen LogP contribution in [0, 0.1) is 18.3 Å². The van der Waals surface area contributed by atoms with E-state index in [0.29, 0.717) is 33.8 Å². The Bertz CT molecular complexity index is 1010. The summed E-state index contributed by atoms with van der Waals surface area (Å²) in [6, 6.07) is 11.8. The summed E-state index contributed by atoms with van der Waals surface area (Å²) in [5.74, 6) is -0.190. The van der Waals surface area contributed by atoms with Crippen LogP contribution in [-0.4, -0.2) is 28.2 Å². The third kappa shape index (κ3) is 3.05. The number of fused-ring (bicyclic) bond motifs is 1. The van der Waals surface area contributed by atoms with Gasteiger partial charge in [0.2, 0.25) is 5.88 Å². The topological polar surface area (TPSA) is 105 Å². The smallest absolute Gasteiger partial charge is 0.360 e. The Morgan fingerprint density at radius 2 is 1.88 bits per heavy atom. The largest absolute Gasteiger partial charge is 0.505 e. The summed E-state index contributed by atoms with van der Waals surface area (Å²) in [7, 11) is 1.22. The number of aromatic nitrogens is 2. The van der Waals surface area contributed by atoms with E-state index in [-0.39, 0.29) is 11.4 Å². The van der Waals surface area contributed by atoms with Crippen LogP contribution in [0.3, 0.4) is 0 Å². The van der Waals surface area contributed by atoms with E-state index in [4.69, 9.17) is 10.00 Å². The minimum absolute atomic E-state index is 0.157. The summed E-state index contributed by atoms with van der Waals surface area (Å²) in [6.07, 6.45) is 0. The first-order valence-corrected chi connectivity index (χ1v) is 7.30. The minimum atomic E-state index is -0.722. The number of carbonyl (C=O) groups excluding carboxylic acids is 1. The number of nitriles is 1. The first-order chi connectivity index (χ1) is 12.0. The molecule has 2 aromatic heterocycles. The van der Waals surface area contributed by atoms with Gasteiger partial charge in [0.25, 0.3) is 0 Å². The predicted molar refractivity (Wildman–Crippen MR) is 88.5 cm³/mol. The molecule has 0 saturated heterocycles. The number of hydrogen-bond acceptors (Lipinski definition) is 7. The zero-order chi connectivity index (χ0) is 18.0. The molecular weight excluding hydrogens is 322 g/mol. The third-order valence-electron chi connectivity index (χ3n) is 3.56. The number of benzene rings is 1. The van der Waals surface area contributed by atoms with Gasteiger partial charge in [-0.1, -0.05) is 0 Å². The Hall–Kier alpha value is -3.66. The van der Waals surface area contributed by atoms with Crippen molar-refractivity contribution < 1.29 is 19.4 Å². The lowest BCUT2D eigenvalue weighted by molar-refractivity contribution is 0.0590. The van der Waals surface area contributed by atoms with Gasteiger partial charge in [-0.2, -0.15) is 5.26 Å². The van der Waals surface area contributed by atoms with Crippen molar-refractivity contribution >= 4 is 16.9 Å². The van der Waals surface area contributed by atoms with Crippen LogP contribution in [0.1, 0.15) is 21.7 Å². The van der Waals surface area contributed by atoms with Gasteiger partial charge in [-0.25, -0.2) is 14.8 Å². The number of carbonyl (C=O) groups is 1. The molecule has 124 valence electrons. The second-order valence-corrected chi connectivity index (χ2v) is 5.17. The van der Waals surface area contributed by atoms with Crippen molar-refractivity contribution in [3.8, 4) is 23.4 Å². The monoisotopic (exact) mass is 335 g/mol. The molecule has 3 aromatic rings. The van der Waals surface area contributed by atoms with E-state index in [1.165, 1.54) is 7.11 Å². The van der Waals surface area contributed by atoms with E-state index in [0.717, 1.165) is 0 Å². The average Bonchev–Trinajstić information content (AvgIpc) is 2.64. The second-order valence-electron chi connectivity index (χ2n) is 5.17. The van der Waals surface area contributed by atoms with Gasteiger partial charge in [-0.15, -0.1) is 0 Å². The van der Waals surface area contributed by atoms with Crippen LogP contribution in [0.4, 0.5) is 0 Å². The molecule has 2 heterocycles. The molecule has 0 spiro atoms. The van der Waals surface area contributed by atoms with Gasteiger partial charge in [0.05, 0.1) is 30.0 Å². The summed E-state index contributed by atoms with van der Waals surface area (Å²) in [4.78, 5) is 20.1. The number of rotatable bonds is 3. The molecule has 0 atom stereocenters. The highest BCUT2D eigenvalue weighted by Gasteiger charge is 2.19. The molecule has 0 unspecified atom stereocenters. The quantitative estimate of drug-likeness (QED) is 0.733. The van der Waals surface area contributed by atoms with Crippen molar-refractivity contribution in [3.05, 3.63) is 53.3 Å². The van der Waals surface area contributed by atoms with Crippen LogP contribution in [0.25, 0.3) is 10.9 Å². The van der Waals surface area contributed by atoms with Gasteiger partial charge in [-0.05, 0) is 37.3 Å². The summed E-state index contributed by atoms with van der Waals surface area (Å²) in [5.41, 5.74) is 1.24. The predicted octanol–water partition coefficient (Wildman–Crippen LogP) is 3.09. The summed E-state index contributed by atoms with van der Waals surface area (Å²) in [5, 5.41) is 19.4. The zero-order valence-corrected chi connectivity index (χ0v) is 13.5. The Morgan fingerprint density at radius 1 is 1.16 bits per heavy atom. The highest BCUT2D eigenvalue weighted by molar-refractivity contribution is 5.98. The number of hydrogen-bond donors (Lipinski definition) is 1. The van der Waals surface area contributed by atoms with E-state index in [2.05, 4.69) is 14.7 Å². The molecule has 1 aromatic carbocycles. The molecule has 1 N–H and O–H groups in total. The lowest BCUT2D eigenvalue weighted by Gasteiger charge is -2.10. The molecular formula is C18H13N3O4. The molecule has 7 heteroatoms. The van der Waals surface area contributed by atoms with E-state index in [1.54, 1.807) is 43.3 Å². The molecule has 0 bridgehead atoms. The van der Waals surface area contributed by atoms with Crippen molar-refractivity contribution in [2.24, 2.45) is 0 Å². The molecule has 3 rings (SSSR count). The fourth-order valence-electron chi connectivity index (χ4n) is 2.32. The molecule has 7 nitrogen and oxygen atoms in total. The van der Waals surface area contributed by atoms with E-state index >= 15 is 0 Å². The lowest BCUT2D eigenvalue weighted by Crippen LogP contribution is -2.07. The van der Waals surface area contributed by atoms with Gasteiger partial charge in [0.15, 0.2) is 11.4 Å². The van der Waals surface area contributed by atoms with Gasteiger partial charge < -0.3 is 14.6 Å². The number of esters is 1. The molecule has 25 heavy (non-hydrogen) atoms. The highest BCUT2D eigenvalue weighted by Crippen LogP contribution is 2.31. The fraction of sp³-hybridized carbons (Fsp3) is 0.111. The molecule has 0 amide bonds. The molecule has 0 aliphatic carbocycles. The third-order valence-corrected chi connectivity index (χ3v) is 3.56. The van der Waals surface area contributed by atoms with Crippen molar-refractivity contribution in [2.45, 2.75) is 6.92 Å². The molecule has 0 aliphatic rings. The Kier molecular flexibility index (Phi) is 4.18. The van der Waals surface area contributed by atoms with Gasteiger partial charge >= 0.3 is 5.97 Å². The first-order valence-electron chi connectivity index (χ1n) is 7.30. The van der Waals surface area contributed by atoms with Crippen LogP contribution in [0.2, 0.25) is 0 Å². The summed E-state index contributed by atoms with van der Waals surface area (Å²) >= 11 is 0. The van der Waals surface area contributed by atoms with Crippen LogP contribution in [0.5, 0.6) is 17.4 Å². The second kappa shape index (κ2) is 6.45. The molecule has 0 saturated carbocycles. The van der Waals surface area contributed by atoms with Crippen molar-refractivity contribution in [1.82, 2.24) is 9.97 Å².